The van der Waals surface area contributed by atoms with Gasteiger partial charge in [0.2, 0.25) is 41.4 Å². The molecule has 7 amide bonds. The van der Waals surface area contributed by atoms with E-state index in [2.05, 4.69) is 47.2 Å². The third kappa shape index (κ3) is 18.0. The number of carbonyl (C=O) groups excluding carboxylic acids is 7. The van der Waals surface area contributed by atoms with Crippen molar-refractivity contribution in [2.75, 3.05) is 26.2 Å². The number of H-pyrrole nitrogens is 1. The van der Waals surface area contributed by atoms with Crippen LogP contribution >= 0.6 is 0 Å². The van der Waals surface area contributed by atoms with Gasteiger partial charge < -0.3 is 80.5 Å². The van der Waals surface area contributed by atoms with Gasteiger partial charge in [0.1, 0.15) is 36.3 Å². The van der Waals surface area contributed by atoms with Crippen molar-refractivity contribution >= 4 is 70.2 Å². The Morgan fingerprint density at radius 3 is 2.14 bits per heavy atom. The first-order chi connectivity index (χ1) is 31.4. The summed E-state index contributed by atoms with van der Waals surface area (Å²) >= 11 is 0. The number of amides is 7. The lowest BCUT2D eigenvalue weighted by Crippen LogP contribution is -2.60. The molecule has 1 aliphatic heterocycles. The molecule has 25 nitrogen and oxygen atoms in total. The Kier molecular flexibility index (Phi) is 22.3. The second-order valence-electron chi connectivity index (χ2n) is 15.8. The van der Waals surface area contributed by atoms with Crippen molar-refractivity contribution in [2.24, 2.45) is 27.9 Å². The Labute approximate surface area is 379 Å². The summed E-state index contributed by atoms with van der Waals surface area (Å²) in [7, 11) is 0. The van der Waals surface area contributed by atoms with E-state index in [0.717, 1.165) is 0 Å². The zero-order chi connectivity index (χ0) is 48.8. The highest BCUT2D eigenvalue weighted by atomic mass is 16.4. The van der Waals surface area contributed by atoms with E-state index in [1.807, 2.05) is 0 Å². The molecule has 1 saturated heterocycles. The van der Waals surface area contributed by atoms with Crippen molar-refractivity contribution in [3.63, 3.8) is 0 Å². The third-order valence-corrected chi connectivity index (χ3v) is 10.6. The van der Waals surface area contributed by atoms with E-state index in [9.17, 15) is 58.5 Å². The number of hydrogen-bond acceptors (Lipinski definition) is 13. The van der Waals surface area contributed by atoms with Crippen LogP contribution in [0.2, 0.25) is 0 Å². The fourth-order valence-electron chi connectivity index (χ4n) is 6.95. The highest BCUT2D eigenvalue weighted by Crippen LogP contribution is 2.20. The summed E-state index contributed by atoms with van der Waals surface area (Å²) in [6, 6.07) is -3.69. The number of fused-ring (bicyclic) bond motifs is 1. The lowest BCUT2D eigenvalue weighted by atomic mass is 10.0. The minimum Gasteiger partial charge on any atom is -0.481 e. The summed E-state index contributed by atoms with van der Waals surface area (Å²) in [5, 5.41) is 47.6. The summed E-state index contributed by atoms with van der Waals surface area (Å²) < 4.78 is 0. The molecule has 0 bridgehead atoms. The van der Waals surface area contributed by atoms with Crippen molar-refractivity contribution < 1.29 is 58.5 Å². The van der Waals surface area contributed by atoms with Crippen LogP contribution in [0, 0.1) is 0 Å². The first kappa shape index (κ1) is 53.5. The monoisotopic (exact) mass is 929 g/mol. The number of aliphatic hydroxyl groups excluding tert-OH is 1. The number of carbonyl (C=O) groups is 9. The van der Waals surface area contributed by atoms with Gasteiger partial charge in [0, 0.05) is 43.0 Å². The number of unbranched alkanes of at least 4 members (excludes halogenated alkanes) is 1. The fourth-order valence-corrected chi connectivity index (χ4v) is 6.95. The van der Waals surface area contributed by atoms with E-state index < -0.39 is 109 Å². The maximum absolute atomic E-state index is 14.3. The molecule has 1 aromatic heterocycles. The van der Waals surface area contributed by atoms with Gasteiger partial charge >= 0.3 is 11.9 Å². The number of aliphatic carboxylic acids is 2. The van der Waals surface area contributed by atoms with Crippen LogP contribution < -0.4 is 60.2 Å². The third-order valence-electron chi connectivity index (χ3n) is 10.6. The molecule has 0 radical (unpaired) electrons. The summed E-state index contributed by atoms with van der Waals surface area (Å²) in [6.07, 6.45) is 1.00. The first-order valence-electron chi connectivity index (χ1n) is 21.6. The number of rotatable bonds is 16. The van der Waals surface area contributed by atoms with E-state index in [1.165, 1.54) is 0 Å². The highest BCUT2D eigenvalue weighted by Gasteiger charge is 2.35. The number of para-hydroxylation sites is 1. The van der Waals surface area contributed by atoms with Crippen molar-refractivity contribution in [2.45, 2.75) is 119 Å². The molecular formula is C41H63N13O12. The number of aliphatic imine (C=N–C) groups is 1. The second-order valence-corrected chi connectivity index (χ2v) is 15.8. The van der Waals surface area contributed by atoms with Crippen LogP contribution in [0.4, 0.5) is 0 Å². The smallest absolute Gasteiger partial charge is 0.326 e. The molecule has 0 aliphatic carbocycles. The Morgan fingerprint density at radius 1 is 0.803 bits per heavy atom. The molecule has 2 aromatic rings. The van der Waals surface area contributed by atoms with Gasteiger partial charge in [-0.15, -0.1) is 0 Å². The minimum absolute atomic E-state index is 0.0101. The molecule has 3 rings (SSSR count). The Balaban J connectivity index is 2.08. The number of carboxylic acids is 2. The lowest BCUT2D eigenvalue weighted by Gasteiger charge is -2.27. The zero-order valence-electron chi connectivity index (χ0n) is 36.5. The van der Waals surface area contributed by atoms with Crippen LogP contribution in [-0.2, 0) is 49.6 Å². The van der Waals surface area contributed by atoms with Crippen molar-refractivity contribution in [1.82, 2.24) is 42.2 Å². The van der Waals surface area contributed by atoms with Crippen molar-refractivity contribution in [3.05, 3.63) is 36.0 Å². The standard InChI is InChI=1S/C41H63N13O12/c42-15-5-3-11-28(40(65)66)51-36(61)27-13-14-32(56)46-16-6-4-9-24(43)34(59)54-31(21-55)39(64)49-26(12-7-17-47-41(44)45)35(60)52-29(18-22-20-48-25-10-2-1-8-23(22)25)37(62)53-30(19-33(57)58)38(63)50-27/h1-2,8,10,20,24,26-31,48,55H,3-7,9,11-19,21,42-43H2,(H,46,56)(H,49,64)(H,50,63)(H,51,61)(H,52,60)(H,53,62)(H,54,59)(H,57,58)(H,65,66)(H4,44,45,47)/t24-,26+,27?,28+,29+,30?,31+/m1/s1. The fraction of sp³-hybridized carbons (Fsp3) is 0.561. The minimum atomic E-state index is -1.90. The van der Waals surface area contributed by atoms with Crippen molar-refractivity contribution in [1.29, 1.82) is 0 Å². The molecular weight excluding hydrogens is 867 g/mol. The molecule has 66 heavy (non-hydrogen) atoms. The van der Waals surface area contributed by atoms with Gasteiger partial charge in [-0.3, -0.25) is 43.3 Å². The average molecular weight is 930 g/mol. The molecule has 2 heterocycles. The number of aliphatic hydroxyl groups is 1. The lowest BCUT2D eigenvalue weighted by molar-refractivity contribution is -0.143. The molecule has 1 fully saturated rings. The van der Waals surface area contributed by atoms with Gasteiger partial charge in [0.25, 0.3) is 0 Å². The number of aromatic nitrogens is 1. The number of nitrogens with two attached hydrogens (primary N) is 4. The van der Waals surface area contributed by atoms with Gasteiger partial charge in [-0.05, 0) is 76.0 Å². The molecule has 0 spiro atoms. The van der Waals surface area contributed by atoms with Gasteiger partial charge in [-0.1, -0.05) is 18.2 Å². The summed E-state index contributed by atoms with van der Waals surface area (Å²) in [6.45, 7) is -0.521. The number of aromatic amines is 1. The van der Waals surface area contributed by atoms with E-state index in [-0.39, 0.29) is 70.5 Å². The number of benzene rings is 1. The van der Waals surface area contributed by atoms with Gasteiger partial charge in [0.05, 0.1) is 19.1 Å². The number of carboxylic acid groups (broad SMARTS) is 2. The van der Waals surface area contributed by atoms with Crippen LogP contribution in [0.15, 0.2) is 35.5 Å². The van der Waals surface area contributed by atoms with Crippen LogP contribution in [0.5, 0.6) is 0 Å². The second kappa shape index (κ2) is 27.5. The number of guanidine groups is 1. The Hall–Kier alpha value is -6.86. The van der Waals surface area contributed by atoms with Gasteiger partial charge in [-0.25, -0.2) is 4.79 Å². The largest absolute Gasteiger partial charge is 0.481 e. The quantitative estimate of drug-likeness (QED) is 0.0431. The van der Waals surface area contributed by atoms with Crippen LogP contribution in [-0.4, -0.2) is 148 Å². The normalized spacial score (nSPS) is 22.8. The van der Waals surface area contributed by atoms with Gasteiger partial charge in [0.15, 0.2) is 5.96 Å². The molecule has 19 N–H and O–H groups in total. The van der Waals surface area contributed by atoms with E-state index in [4.69, 9.17) is 22.9 Å². The average Bonchev–Trinajstić information content (AvgIpc) is 3.68. The topological polar surface area (TPSA) is 431 Å². The maximum atomic E-state index is 14.3. The molecule has 0 saturated carbocycles. The predicted molar refractivity (Wildman–Crippen MR) is 237 cm³/mol. The summed E-state index contributed by atoms with van der Waals surface area (Å²) in [5.41, 5.74) is 23.7. The molecule has 25 heteroatoms. The van der Waals surface area contributed by atoms with E-state index >= 15 is 0 Å². The number of hydrogen-bond donors (Lipinski definition) is 15. The Bertz CT molecular complexity index is 2040. The van der Waals surface area contributed by atoms with Gasteiger partial charge in [-0.2, -0.15) is 0 Å². The van der Waals surface area contributed by atoms with Crippen LogP contribution in [0.25, 0.3) is 10.9 Å². The first-order valence-corrected chi connectivity index (χ1v) is 21.6. The molecule has 7 atom stereocenters. The molecule has 1 aromatic carbocycles. The summed E-state index contributed by atoms with van der Waals surface area (Å²) in [5.74, 6) is -9.75. The number of nitrogens with one attached hydrogen (secondary N) is 8. The molecule has 364 valence electrons. The SMILES string of the molecule is NCCCC[C@H](NC(=O)C1CCC(=O)NCCCC[C@@H](N)C(=O)N[C@@H](CO)C(=O)N[C@@H](CCCN=C(N)N)C(=O)N[C@@H](Cc2c[nH]c3ccccc23)C(=O)NC(CC(=O)O)C(=O)N1)C(=O)O. The van der Waals surface area contributed by atoms with Crippen LogP contribution in [0.1, 0.15) is 76.2 Å². The molecule has 2 unspecified atom stereocenters. The molecule has 1 aliphatic rings. The zero-order valence-corrected chi connectivity index (χ0v) is 36.5. The van der Waals surface area contributed by atoms with E-state index in [0.29, 0.717) is 42.1 Å². The Morgan fingerprint density at radius 2 is 1.45 bits per heavy atom. The highest BCUT2D eigenvalue weighted by molar-refractivity contribution is 5.98. The summed E-state index contributed by atoms with van der Waals surface area (Å²) in [4.78, 5) is 127. The van der Waals surface area contributed by atoms with E-state index in [1.54, 1.807) is 30.5 Å². The van der Waals surface area contributed by atoms with Crippen molar-refractivity contribution in [3.8, 4) is 0 Å². The maximum Gasteiger partial charge on any atom is 0.326 e. The predicted octanol–water partition coefficient (Wildman–Crippen LogP) is -4.24. The number of nitrogens with zero attached hydrogens (tertiary/aromatic N) is 1. The van der Waals surface area contributed by atoms with Crippen LogP contribution in [0.3, 0.4) is 0 Å².